The van der Waals surface area contributed by atoms with E-state index in [2.05, 4.69) is 16.1 Å². The van der Waals surface area contributed by atoms with Gasteiger partial charge >= 0.3 is 5.97 Å². The summed E-state index contributed by atoms with van der Waals surface area (Å²) in [6, 6.07) is 9.40. The van der Waals surface area contributed by atoms with Crippen molar-refractivity contribution in [1.29, 1.82) is 5.26 Å². The fourth-order valence-electron chi connectivity index (χ4n) is 2.24. The van der Waals surface area contributed by atoms with Crippen LogP contribution in [-0.2, 0) is 14.3 Å². The van der Waals surface area contributed by atoms with E-state index >= 15 is 0 Å². The Labute approximate surface area is 138 Å². The topological polar surface area (TPSA) is 88.4 Å². The minimum absolute atomic E-state index is 0.0344. The molecular weight excluding hydrogens is 316 g/mol. The van der Waals surface area contributed by atoms with Gasteiger partial charge in [0.2, 0.25) is 5.91 Å². The van der Waals surface area contributed by atoms with E-state index in [1.54, 1.807) is 19.2 Å². The minimum Gasteiger partial charge on any atom is -0.497 e. The zero-order chi connectivity index (χ0) is 16.8. The van der Waals surface area contributed by atoms with Crippen molar-refractivity contribution >= 4 is 23.6 Å². The largest absolute Gasteiger partial charge is 0.497 e. The zero-order valence-electron chi connectivity index (χ0n) is 12.8. The Kier molecular flexibility index (Phi) is 5.66. The molecule has 1 atom stereocenters. The summed E-state index contributed by atoms with van der Waals surface area (Å²) in [4.78, 5) is 23.2. The molecule has 0 spiro atoms. The number of carbonyl (C=O) groups is 2. The summed E-state index contributed by atoms with van der Waals surface area (Å²) in [7, 11) is 2.87. The highest BCUT2D eigenvalue weighted by atomic mass is 32.2. The number of nitrogens with one attached hydrogen (secondary N) is 1. The molecule has 1 aliphatic rings. The van der Waals surface area contributed by atoms with Gasteiger partial charge in [-0.15, -0.1) is 0 Å². The standard InChI is InChI=1S/C16H16N2O4S/c1-21-11-5-3-10(4-6-11)12-7-14(19)18-16(13(12)8-17)23-9-15(20)22-2/h3-6,12H,7,9H2,1-2H3,(H,18,19). The molecule has 1 N–H and O–H groups in total. The van der Waals surface area contributed by atoms with Gasteiger partial charge in [-0.25, -0.2) is 0 Å². The van der Waals surface area contributed by atoms with Crippen molar-refractivity contribution in [2.24, 2.45) is 0 Å². The predicted octanol–water partition coefficient (Wildman–Crippen LogP) is 1.94. The summed E-state index contributed by atoms with van der Waals surface area (Å²) in [5.74, 6) is -0.193. The van der Waals surface area contributed by atoms with Crippen LogP contribution in [0.1, 0.15) is 17.9 Å². The summed E-state index contributed by atoms with van der Waals surface area (Å²) in [5, 5.41) is 12.6. The Balaban J connectivity index is 2.31. The van der Waals surface area contributed by atoms with Crippen molar-refractivity contribution in [2.45, 2.75) is 12.3 Å². The molecule has 0 aromatic heterocycles. The van der Waals surface area contributed by atoms with Crippen molar-refractivity contribution in [1.82, 2.24) is 5.32 Å². The maximum Gasteiger partial charge on any atom is 0.316 e. The van der Waals surface area contributed by atoms with Crippen molar-refractivity contribution < 1.29 is 19.1 Å². The molecule has 0 saturated carbocycles. The second kappa shape index (κ2) is 7.70. The molecule has 6 nitrogen and oxygen atoms in total. The molecule has 1 aromatic carbocycles. The molecule has 1 heterocycles. The summed E-state index contributed by atoms with van der Waals surface area (Å²) in [5.41, 5.74) is 1.30. The highest BCUT2D eigenvalue weighted by Crippen LogP contribution is 2.36. The number of hydrogen-bond acceptors (Lipinski definition) is 6. The maximum absolute atomic E-state index is 11.9. The third kappa shape index (κ3) is 4.05. The van der Waals surface area contributed by atoms with E-state index < -0.39 is 5.97 Å². The van der Waals surface area contributed by atoms with Gasteiger partial charge in [-0.2, -0.15) is 5.26 Å². The fourth-order valence-corrected chi connectivity index (χ4v) is 3.15. The van der Waals surface area contributed by atoms with E-state index in [9.17, 15) is 14.9 Å². The molecule has 0 aliphatic carbocycles. The smallest absolute Gasteiger partial charge is 0.316 e. The fraction of sp³-hybridized carbons (Fsp3) is 0.312. The molecule has 0 saturated heterocycles. The van der Waals surface area contributed by atoms with Crippen molar-refractivity contribution in [3.63, 3.8) is 0 Å². The number of ether oxygens (including phenoxy) is 2. The van der Waals surface area contributed by atoms with Crippen LogP contribution in [0.4, 0.5) is 0 Å². The van der Waals surface area contributed by atoms with Gasteiger partial charge in [0.25, 0.3) is 0 Å². The van der Waals surface area contributed by atoms with Gasteiger partial charge in [-0.3, -0.25) is 9.59 Å². The molecule has 1 aromatic rings. The molecule has 1 aliphatic heterocycles. The number of allylic oxidation sites excluding steroid dienone is 1. The second-order valence-electron chi connectivity index (χ2n) is 4.80. The summed E-state index contributed by atoms with van der Waals surface area (Å²) >= 11 is 1.10. The molecule has 2 rings (SSSR count). The highest BCUT2D eigenvalue weighted by molar-refractivity contribution is 8.03. The van der Waals surface area contributed by atoms with E-state index in [1.807, 2.05) is 12.1 Å². The lowest BCUT2D eigenvalue weighted by atomic mass is 9.87. The Morgan fingerprint density at radius 2 is 2.09 bits per heavy atom. The second-order valence-corrected chi connectivity index (χ2v) is 5.78. The number of benzene rings is 1. The third-order valence-corrected chi connectivity index (χ3v) is 4.43. The van der Waals surface area contributed by atoms with E-state index in [0.717, 1.165) is 17.3 Å². The van der Waals surface area contributed by atoms with Gasteiger partial charge in [0.1, 0.15) is 5.75 Å². The predicted molar refractivity (Wildman–Crippen MR) is 85.6 cm³/mol. The van der Waals surface area contributed by atoms with Gasteiger partial charge in [-0.05, 0) is 17.7 Å². The molecule has 120 valence electrons. The van der Waals surface area contributed by atoms with Crippen LogP contribution in [0.3, 0.4) is 0 Å². The van der Waals surface area contributed by atoms with Gasteiger partial charge < -0.3 is 14.8 Å². The molecule has 7 heteroatoms. The lowest BCUT2D eigenvalue weighted by Gasteiger charge is -2.25. The van der Waals surface area contributed by atoms with E-state index in [1.165, 1.54) is 7.11 Å². The van der Waals surface area contributed by atoms with E-state index in [0.29, 0.717) is 16.4 Å². The highest BCUT2D eigenvalue weighted by Gasteiger charge is 2.29. The van der Waals surface area contributed by atoms with Crippen LogP contribution in [0.25, 0.3) is 0 Å². The van der Waals surface area contributed by atoms with Crippen LogP contribution < -0.4 is 10.1 Å². The Hall–Kier alpha value is -2.46. The number of nitrogens with zero attached hydrogens (tertiary/aromatic N) is 1. The average Bonchev–Trinajstić information content (AvgIpc) is 2.59. The number of rotatable bonds is 5. The SMILES string of the molecule is COC(=O)CSC1=C(C#N)C(c2ccc(OC)cc2)CC(=O)N1. The molecular formula is C16H16N2O4S. The number of nitriles is 1. The summed E-state index contributed by atoms with van der Waals surface area (Å²) in [6.07, 6.45) is 0.192. The lowest BCUT2D eigenvalue weighted by Crippen LogP contribution is -2.31. The number of hydrogen-bond donors (Lipinski definition) is 1. The minimum atomic E-state index is -0.416. The van der Waals surface area contributed by atoms with Crippen LogP contribution in [-0.4, -0.2) is 31.8 Å². The molecule has 23 heavy (non-hydrogen) atoms. The van der Waals surface area contributed by atoms with Gasteiger partial charge in [0, 0.05) is 12.3 Å². The Morgan fingerprint density at radius 3 is 2.65 bits per heavy atom. The zero-order valence-corrected chi connectivity index (χ0v) is 13.6. The monoisotopic (exact) mass is 332 g/mol. The molecule has 1 amide bonds. The molecule has 0 fully saturated rings. The van der Waals surface area contributed by atoms with E-state index in [4.69, 9.17) is 4.74 Å². The normalized spacial score (nSPS) is 17.3. The first-order chi connectivity index (χ1) is 11.1. The molecule has 1 unspecified atom stereocenters. The number of thioether (sulfide) groups is 1. The quantitative estimate of drug-likeness (QED) is 0.829. The summed E-state index contributed by atoms with van der Waals surface area (Å²) in [6.45, 7) is 0. The number of carbonyl (C=O) groups excluding carboxylic acids is 2. The number of esters is 1. The Morgan fingerprint density at radius 1 is 1.39 bits per heavy atom. The average molecular weight is 332 g/mol. The first-order valence-corrected chi connectivity index (χ1v) is 7.85. The van der Waals surface area contributed by atoms with Crippen molar-refractivity contribution in [2.75, 3.05) is 20.0 Å². The first kappa shape index (κ1) is 16.9. The Bertz CT molecular complexity index is 676. The first-order valence-electron chi connectivity index (χ1n) is 6.86. The summed E-state index contributed by atoms with van der Waals surface area (Å²) < 4.78 is 9.70. The van der Waals surface area contributed by atoms with Crippen LogP contribution in [0, 0.1) is 11.3 Å². The van der Waals surface area contributed by atoms with Crippen LogP contribution >= 0.6 is 11.8 Å². The van der Waals surface area contributed by atoms with E-state index in [-0.39, 0.29) is 24.0 Å². The number of amides is 1. The number of methoxy groups -OCH3 is 2. The van der Waals surface area contributed by atoms with Gasteiger partial charge in [-0.1, -0.05) is 23.9 Å². The molecule has 0 bridgehead atoms. The lowest BCUT2D eigenvalue weighted by molar-refractivity contribution is -0.137. The van der Waals surface area contributed by atoms with Gasteiger partial charge in [0.05, 0.1) is 36.6 Å². The van der Waals surface area contributed by atoms with Crippen LogP contribution in [0.5, 0.6) is 5.75 Å². The van der Waals surface area contributed by atoms with Crippen molar-refractivity contribution in [3.8, 4) is 11.8 Å². The molecule has 0 radical (unpaired) electrons. The van der Waals surface area contributed by atoms with Crippen LogP contribution in [0.15, 0.2) is 34.9 Å². The van der Waals surface area contributed by atoms with Crippen LogP contribution in [0.2, 0.25) is 0 Å². The van der Waals surface area contributed by atoms with Crippen molar-refractivity contribution in [3.05, 3.63) is 40.4 Å². The maximum atomic E-state index is 11.9. The third-order valence-electron chi connectivity index (χ3n) is 3.44. The van der Waals surface area contributed by atoms with Gasteiger partial charge in [0.15, 0.2) is 0 Å².